The van der Waals surface area contributed by atoms with E-state index in [9.17, 15) is 13.2 Å². The third kappa shape index (κ3) is 4.28. The van der Waals surface area contributed by atoms with E-state index in [0.717, 1.165) is 41.5 Å². The lowest BCUT2D eigenvalue weighted by molar-refractivity contribution is 0.0951. The van der Waals surface area contributed by atoms with Crippen molar-refractivity contribution in [3.05, 3.63) is 53.9 Å². The minimum atomic E-state index is -3.61. The second-order valence-electron chi connectivity index (χ2n) is 6.70. The highest BCUT2D eigenvalue weighted by atomic mass is 32.2. The van der Waals surface area contributed by atoms with Crippen molar-refractivity contribution in [1.29, 1.82) is 0 Å². The van der Waals surface area contributed by atoms with E-state index in [4.69, 9.17) is 0 Å². The molecule has 2 heterocycles. The first-order chi connectivity index (χ1) is 12.9. The average molecular weight is 388 g/mol. The molecule has 1 aromatic carbocycles. The highest BCUT2D eigenvalue weighted by molar-refractivity contribution is 7.89. The Morgan fingerprint density at radius 2 is 1.81 bits per heavy atom. The minimum absolute atomic E-state index is 0.115. The highest BCUT2D eigenvalue weighted by Crippen LogP contribution is 2.28. The first kappa shape index (κ1) is 19.3. The third-order valence-corrected chi connectivity index (χ3v) is 6.45. The van der Waals surface area contributed by atoms with Crippen LogP contribution < -0.4 is 10.2 Å². The molecule has 0 atom stereocenters. The summed E-state index contributed by atoms with van der Waals surface area (Å²) in [6, 6.07) is 8.44. The Hall–Kier alpha value is -2.45. The fourth-order valence-electron chi connectivity index (χ4n) is 3.08. The molecule has 1 fully saturated rings. The Kier molecular flexibility index (Phi) is 5.76. The van der Waals surface area contributed by atoms with E-state index < -0.39 is 10.0 Å². The summed E-state index contributed by atoms with van der Waals surface area (Å²) in [6.45, 7) is 2.08. The van der Waals surface area contributed by atoms with Gasteiger partial charge in [-0.25, -0.2) is 12.7 Å². The van der Waals surface area contributed by atoms with Crippen LogP contribution in [0.25, 0.3) is 0 Å². The van der Waals surface area contributed by atoms with Crippen LogP contribution in [0, 0.1) is 0 Å². The molecule has 1 saturated heterocycles. The number of rotatable bonds is 6. The number of anilines is 1. The van der Waals surface area contributed by atoms with Crippen molar-refractivity contribution >= 4 is 21.6 Å². The molecule has 0 bridgehead atoms. The van der Waals surface area contributed by atoms with Crippen molar-refractivity contribution in [1.82, 2.24) is 14.6 Å². The number of nitrogens with zero attached hydrogens (tertiary/aromatic N) is 3. The van der Waals surface area contributed by atoms with Crippen LogP contribution in [0.3, 0.4) is 0 Å². The Balaban J connectivity index is 1.92. The monoisotopic (exact) mass is 388 g/mol. The Morgan fingerprint density at radius 3 is 2.44 bits per heavy atom. The van der Waals surface area contributed by atoms with Gasteiger partial charge in [0, 0.05) is 51.8 Å². The van der Waals surface area contributed by atoms with Crippen molar-refractivity contribution < 1.29 is 13.2 Å². The molecule has 0 aliphatic carbocycles. The Bertz CT molecular complexity index is 908. The maximum absolute atomic E-state index is 12.9. The van der Waals surface area contributed by atoms with Gasteiger partial charge in [-0.3, -0.25) is 9.78 Å². The van der Waals surface area contributed by atoms with E-state index in [1.54, 1.807) is 24.5 Å². The van der Waals surface area contributed by atoms with Gasteiger partial charge in [-0.1, -0.05) is 0 Å². The Labute approximate surface area is 160 Å². The second-order valence-corrected chi connectivity index (χ2v) is 8.85. The van der Waals surface area contributed by atoms with E-state index in [1.165, 1.54) is 20.2 Å². The summed E-state index contributed by atoms with van der Waals surface area (Å²) >= 11 is 0. The van der Waals surface area contributed by atoms with Crippen molar-refractivity contribution in [3.63, 3.8) is 0 Å². The van der Waals surface area contributed by atoms with Gasteiger partial charge in [-0.05, 0) is 48.7 Å². The Morgan fingerprint density at radius 1 is 1.15 bits per heavy atom. The first-order valence-electron chi connectivity index (χ1n) is 8.88. The number of sulfonamides is 1. The van der Waals surface area contributed by atoms with E-state index in [-0.39, 0.29) is 10.8 Å². The summed E-state index contributed by atoms with van der Waals surface area (Å²) in [7, 11) is -0.656. The molecule has 1 aliphatic heterocycles. The van der Waals surface area contributed by atoms with Crippen molar-refractivity contribution in [2.75, 3.05) is 32.1 Å². The molecule has 27 heavy (non-hydrogen) atoms. The summed E-state index contributed by atoms with van der Waals surface area (Å²) in [5.74, 6) is -0.287. The highest BCUT2D eigenvalue weighted by Gasteiger charge is 2.24. The van der Waals surface area contributed by atoms with Crippen LogP contribution >= 0.6 is 0 Å². The molecule has 1 N–H and O–H groups in total. The SMILES string of the molecule is CN(C)S(=O)(=O)c1ccc(N2CCCC2)c(C(=O)NCc2ccncc2)c1. The van der Waals surface area contributed by atoms with Crippen molar-refractivity contribution in [2.45, 2.75) is 24.3 Å². The zero-order valence-corrected chi connectivity index (χ0v) is 16.4. The molecular weight excluding hydrogens is 364 g/mol. The van der Waals surface area contributed by atoms with Gasteiger partial charge in [-0.15, -0.1) is 0 Å². The maximum Gasteiger partial charge on any atom is 0.253 e. The standard InChI is InChI=1S/C19H24N4O3S/c1-22(2)27(25,26)16-5-6-18(23-11-3-4-12-23)17(13-16)19(24)21-14-15-7-9-20-10-8-15/h5-10,13H,3-4,11-12,14H2,1-2H3,(H,21,24). The second kappa shape index (κ2) is 8.06. The lowest BCUT2D eigenvalue weighted by Crippen LogP contribution is -2.28. The largest absolute Gasteiger partial charge is 0.371 e. The molecule has 1 aromatic heterocycles. The van der Waals surface area contributed by atoms with Crippen molar-refractivity contribution in [2.24, 2.45) is 0 Å². The smallest absolute Gasteiger partial charge is 0.253 e. The summed E-state index contributed by atoms with van der Waals surface area (Å²) in [5, 5.41) is 2.89. The van der Waals surface area contributed by atoms with Gasteiger partial charge in [0.05, 0.1) is 10.5 Å². The van der Waals surface area contributed by atoms with Gasteiger partial charge in [-0.2, -0.15) is 0 Å². The van der Waals surface area contributed by atoms with E-state index >= 15 is 0 Å². The van der Waals surface area contributed by atoms with Crippen LogP contribution in [0.5, 0.6) is 0 Å². The van der Waals surface area contributed by atoms with Crippen LogP contribution in [-0.4, -0.2) is 50.8 Å². The topological polar surface area (TPSA) is 82.6 Å². The molecule has 2 aromatic rings. The van der Waals surface area contributed by atoms with E-state index in [0.29, 0.717) is 12.1 Å². The number of nitrogens with one attached hydrogen (secondary N) is 1. The minimum Gasteiger partial charge on any atom is -0.371 e. The van der Waals surface area contributed by atoms with Gasteiger partial charge in [0.2, 0.25) is 10.0 Å². The molecule has 0 radical (unpaired) electrons. The normalized spacial score (nSPS) is 14.6. The van der Waals surface area contributed by atoms with E-state index in [2.05, 4.69) is 15.2 Å². The fraction of sp³-hybridized carbons (Fsp3) is 0.368. The van der Waals surface area contributed by atoms with Crippen molar-refractivity contribution in [3.8, 4) is 0 Å². The first-order valence-corrected chi connectivity index (χ1v) is 10.3. The molecule has 8 heteroatoms. The van der Waals surface area contributed by atoms with Crippen LogP contribution in [0.4, 0.5) is 5.69 Å². The molecule has 1 amide bonds. The zero-order valence-electron chi connectivity index (χ0n) is 15.6. The lowest BCUT2D eigenvalue weighted by Gasteiger charge is -2.22. The molecule has 3 rings (SSSR count). The number of amides is 1. The van der Waals surface area contributed by atoms with E-state index in [1.807, 2.05) is 12.1 Å². The number of aromatic nitrogens is 1. The van der Waals surface area contributed by atoms with Gasteiger partial charge in [0.15, 0.2) is 0 Å². The third-order valence-electron chi connectivity index (χ3n) is 4.64. The number of carbonyl (C=O) groups is 1. The summed E-state index contributed by atoms with van der Waals surface area (Å²) < 4.78 is 26.1. The van der Waals surface area contributed by atoms with Gasteiger partial charge < -0.3 is 10.2 Å². The molecule has 7 nitrogen and oxygen atoms in total. The number of hydrogen-bond acceptors (Lipinski definition) is 5. The maximum atomic E-state index is 12.9. The van der Waals surface area contributed by atoms with Gasteiger partial charge in [0.25, 0.3) is 5.91 Å². The predicted molar refractivity (Wildman–Crippen MR) is 104 cm³/mol. The van der Waals surface area contributed by atoms with Crippen LogP contribution in [-0.2, 0) is 16.6 Å². The van der Waals surface area contributed by atoms with Gasteiger partial charge in [0.1, 0.15) is 0 Å². The number of carbonyl (C=O) groups excluding carboxylic acids is 1. The van der Waals surface area contributed by atoms with Crippen LogP contribution in [0.15, 0.2) is 47.6 Å². The number of pyridine rings is 1. The average Bonchev–Trinajstić information content (AvgIpc) is 3.21. The summed E-state index contributed by atoms with van der Waals surface area (Å²) in [4.78, 5) is 19.1. The summed E-state index contributed by atoms with van der Waals surface area (Å²) in [5.41, 5.74) is 2.09. The molecule has 0 unspecified atom stereocenters. The molecular formula is C19H24N4O3S. The quantitative estimate of drug-likeness (QED) is 0.817. The molecule has 1 aliphatic rings. The molecule has 0 spiro atoms. The lowest BCUT2D eigenvalue weighted by atomic mass is 10.1. The van der Waals surface area contributed by atoms with Gasteiger partial charge >= 0.3 is 0 Å². The van der Waals surface area contributed by atoms with Crippen LogP contribution in [0.1, 0.15) is 28.8 Å². The molecule has 144 valence electrons. The zero-order chi connectivity index (χ0) is 19.4. The predicted octanol–water partition coefficient (Wildman–Crippen LogP) is 1.86. The number of benzene rings is 1. The summed E-state index contributed by atoms with van der Waals surface area (Å²) in [6.07, 6.45) is 5.47. The number of hydrogen-bond donors (Lipinski definition) is 1. The fourth-order valence-corrected chi connectivity index (χ4v) is 4.01. The molecule has 0 saturated carbocycles. The van der Waals surface area contributed by atoms with Crippen LogP contribution in [0.2, 0.25) is 0 Å².